The molecule has 0 atom stereocenters. The van der Waals surface area contributed by atoms with E-state index in [1.807, 2.05) is 26.0 Å². The van der Waals surface area contributed by atoms with E-state index in [0.717, 1.165) is 14.6 Å². The van der Waals surface area contributed by atoms with Crippen LogP contribution in [0.3, 0.4) is 0 Å². The van der Waals surface area contributed by atoms with Gasteiger partial charge in [0.05, 0.1) is 0 Å². The third kappa shape index (κ3) is 2.84. The third-order valence-corrected chi connectivity index (χ3v) is 3.36. The van der Waals surface area contributed by atoms with E-state index in [-0.39, 0.29) is 5.78 Å². The lowest BCUT2D eigenvalue weighted by molar-refractivity contribution is -0.118. The Labute approximate surface area is 99.8 Å². The van der Waals surface area contributed by atoms with E-state index in [1.165, 1.54) is 5.56 Å². The maximum atomic E-state index is 11.3. The third-order valence-electron chi connectivity index (χ3n) is 2.20. The lowest BCUT2D eigenvalue weighted by atomic mass is 9.87. The van der Waals surface area contributed by atoms with Crippen LogP contribution in [0.1, 0.15) is 24.5 Å². The Hall–Kier alpha value is -0.315. The molecule has 0 bridgehead atoms. The molecule has 0 aromatic heterocycles. The minimum absolute atomic E-state index is 0.234. The van der Waals surface area contributed by atoms with E-state index in [2.05, 4.69) is 22.6 Å². The van der Waals surface area contributed by atoms with Crippen LogP contribution in [-0.2, 0) is 11.2 Å². The Bertz CT molecular complexity index is 361. The van der Waals surface area contributed by atoms with Gasteiger partial charge < -0.3 is 0 Å². The van der Waals surface area contributed by atoms with Crippen LogP contribution in [0.15, 0.2) is 12.1 Å². The molecular weight excluding hydrogens is 286 g/mol. The number of halogens is 1. The van der Waals surface area contributed by atoms with Gasteiger partial charge in [0.15, 0.2) is 0 Å². The number of hydrogen-bond donors (Lipinski definition) is 0. The zero-order valence-corrected chi connectivity index (χ0v) is 10.6. The van der Waals surface area contributed by atoms with Gasteiger partial charge in [0.1, 0.15) is 13.6 Å². The molecule has 0 spiro atoms. The second-order valence-corrected chi connectivity index (χ2v) is 4.53. The quantitative estimate of drug-likeness (QED) is 0.615. The van der Waals surface area contributed by atoms with Crippen LogP contribution in [0, 0.1) is 10.5 Å². The molecule has 0 saturated carbocycles. The summed E-state index contributed by atoms with van der Waals surface area (Å²) >= 11 is 2.24. The number of carbonyl (C=O) groups excluding carboxylic acids is 1. The van der Waals surface area contributed by atoms with E-state index >= 15 is 0 Å². The molecule has 1 nitrogen and oxygen atoms in total. The predicted octanol–water partition coefficient (Wildman–Crippen LogP) is 1.92. The first-order valence-electron chi connectivity index (χ1n) is 4.60. The predicted molar refractivity (Wildman–Crippen MR) is 68.3 cm³/mol. The largest absolute Gasteiger partial charge is 0.299 e. The van der Waals surface area contributed by atoms with Gasteiger partial charge in [-0.15, -0.1) is 0 Å². The van der Waals surface area contributed by atoms with Gasteiger partial charge >= 0.3 is 0 Å². The van der Waals surface area contributed by atoms with Crippen LogP contribution in [0.5, 0.6) is 0 Å². The number of benzene rings is 1. The minimum Gasteiger partial charge on any atom is -0.299 e. The Balaban J connectivity index is 2.98. The lowest BCUT2D eigenvalue weighted by Gasteiger charge is -2.08. The van der Waals surface area contributed by atoms with Crippen molar-refractivity contribution in [2.24, 2.45) is 0 Å². The van der Waals surface area contributed by atoms with E-state index in [1.54, 1.807) is 0 Å². The second kappa shape index (κ2) is 4.96. The van der Waals surface area contributed by atoms with Crippen LogP contribution >= 0.6 is 22.6 Å². The Morgan fingerprint density at radius 3 is 2.71 bits per heavy atom. The highest BCUT2D eigenvalue weighted by Crippen LogP contribution is 2.12. The number of carbonyl (C=O) groups is 1. The molecular formula is C11H12BIO. The molecule has 0 N–H and O–H groups in total. The molecule has 72 valence electrons. The molecule has 0 heterocycles. The van der Waals surface area contributed by atoms with Gasteiger partial charge in [0, 0.05) is 16.4 Å². The molecule has 0 aliphatic carbocycles. The van der Waals surface area contributed by atoms with E-state index < -0.39 is 0 Å². The molecule has 0 aliphatic rings. The summed E-state index contributed by atoms with van der Waals surface area (Å²) < 4.78 is 1.15. The molecule has 14 heavy (non-hydrogen) atoms. The van der Waals surface area contributed by atoms with Gasteiger partial charge in [-0.25, -0.2) is 0 Å². The topological polar surface area (TPSA) is 17.1 Å². The summed E-state index contributed by atoms with van der Waals surface area (Å²) in [5, 5.41) is 0. The van der Waals surface area contributed by atoms with Crippen molar-refractivity contribution >= 4 is 41.7 Å². The first-order chi connectivity index (χ1) is 6.54. The van der Waals surface area contributed by atoms with Gasteiger partial charge in [0.2, 0.25) is 0 Å². The second-order valence-electron chi connectivity index (χ2n) is 3.37. The summed E-state index contributed by atoms with van der Waals surface area (Å²) in [4.78, 5) is 11.3. The van der Waals surface area contributed by atoms with Crippen molar-refractivity contribution in [3.05, 3.63) is 26.8 Å². The number of ketones is 1. The van der Waals surface area contributed by atoms with Gasteiger partial charge in [-0.05, 0) is 40.6 Å². The van der Waals surface area contributed by atoms with Crippen molar-refractivity contribution in [1.82, 2.24) is 0 Å². The van der Waals surface area contributed by atoms with Crippen molar-refractivity contribution < 1.29 is 4.79 Å². The summed E-state index contributed by atoms with van der Waals surface area (Å²) in [7, 11) is 5.84. The number of Topliss-reactive ketones (excluding diaryl/α,β-unsaturated/α-hetero) is 1. The smallest absolute Gasteiger partial charge is 0.136 e. The minimum atomic E-state index is 0.234. The molecule has 3 heteroatoms. The molecule has 0 aliphatic heterocycles. The van der Waals surface area contributed by atoms with Crippen molar-refractivity contribution in [3.8, 4) is 0 Å². The SMILES string of the molecule is [B]c1cc(I)c(C)cc1CC(=O)CC. The van der Waals surface area contributed by atoms with E-state index in [4.69, 9.17) is 7.85 Å². The normalized spacial score (nSPS) is 10.2. The van der Waals surface area contributed by atoms with E-state index in [9.17, 15) is 4.79 Å². The van der Waals surface area contributed by atoms with Crippen molar-refractivity contribution in [3.63, 3.8) is 0 Å². The number of rotatable bonds is 3. The van der Waals surface area contributed by atoms with Crippen LogP contribution in [0.4, 0.5) is 0 Å². The fraction of sp³-hybridized carbons (Fsp3) is 0.364. The Morgan fingerprint density at radius 2 is 2.14 bits per heavy atom. The van der Waals surface area contributed by atoms with Gasteiger partial charge in [0.25, 0.3) is 0 Å². The molecule has 0 saturated heterocycles. The van der Waals surface area contributed by atoms with Gasteiger partial charge in [-0.1, -0.05) is 24.5 Å². The van der Waals surface area contributed by atoms with Crippen molar-refractivity contribution in [1.29, 1.82) is 0 Å². The molecule has 0 amide bonds. The zero-order chi connectivity index (χ0) is 10.7. The monoisotopic (exact) mass is 298 g/mol. The van der Waals surface area contributed by atoms with Crippen LogP contribution in [0.25, 0.3) is 0 Å². The average Bonchev–Trinajstić information content (AvgIpc) is 2.14. The number of aryl methyl sites for hydroxylation is 1. The molecule has 2 radical (unpaired) electrons. The van der Waals surface area contributed by atoms with Crippen LogP contribution in [0.2, 0.25) is 0 Å². The molecule has 1 aromatic carbocycles. The van der Waals surface area contributed by atoms with Crippen LogP contribution < -0.4 is 5.46 Å². The Kier molecular flexibility index (Phi) is 4.17. The zero-order valence-electron chi connectivity index (χ0n) is 8.43. The summed E-state index contributed by atoms with van der Waals surface area (Å²) in [6.07, 6.45) is 1.03. The van der Waals surface area contributed by atoms with Crippen molar-refractivity contribution in [2.45, 2.75) is 26.7 Å². The summed E-state index contributed by atoms with van der Waals surface area (Å²) in [6.45, 7) is 3.90. The maximum absolute atomic E-state index is 11.3. The van der Waals surface area contributed by atoms with Crippen LogP contribution in [-0.4, -0.2) is 13.6 Å². The number of hydrogen-bond acceptors (Lipinski definition) is 1. The summed E-state index contributed by atoms with van der Waals surface area (Å²) in [5.41, 5.74) is 2.86. The summed E-state index contributed by atoms with van der Waals surface area (Å²) in [6, 6.07) is 3.93. The lowest BCUT2D eigenvalue weighted by Crippen LogP contribution is -2.15. The first kappa shape index (κ1) is 11.8. The molecule has 1 aromatic rings. The standard InChI is InChI=1S/C11H12BIO/c1-3-9(14)5-8-4-7(2)11(13)6-10(8)12/h4,6H,3,5H2,1-2H3. The Morgan fingerprint density at radius 1 is 1.50 bits per heavy atom. The highest BCUT2D eigenvalue weighted by Gasteiger charge is 2.05. The molecule has 0 fully saturated rings. The van der Waals surface area contributed by atoms with Crippen molar-refractivity contribution in [2.75, 3.05) is 0 Å². The summed E-state index contributed by atoms with van der Waals surface area (Å²) in [5.74, 6) is 0.234. The van der Waals surface area contributed by atoms with E-state index in [0.29, 0.717) is 12.8 Å². The maximum Gasteiger partial charge on any atom is 0.136 e. The van der Waals surface area contributed by atoms with Gasteiger partial charge in [-0.3, -0.25) is 4.79 Å². The fourth-order valence-corrected chi connectivity index (χ4v) is 1.74. The highest BCUT2D eigenvalue weighted by molar-refractivity contribution is 14.1. The fourth-order valence-electron chi connectivity index (χ4n) is 1.25. The average molecular weight is 298 g/mol. The highest BCUT2D eigenvalue weighted by atomic mass is 127. The van der Waals surface area contributed by atoms with Gasteiger partial charge in [-0.2, -0.15) is 0 Å². The first-order valence-corrected chi connectivity index (χ1v) is 5.68. The molecule has 0 unspecified atom stereocenters. The molecule has 1 rings (SSSR count).